The van der Waals surface area contributed by atoms with E-state index in [2.05, 4.69) is 10.4 Å². The number of benzene rings is 2. The van der Waals surface area contributed by atoms with Crippen LogP contribution in [0.3, 0.4) is 0 Å². The first-order chi connectivity index (χ1) is 15.9. The molecule has 0 aromatic heterocycles. The van der Waals surface area contributed by atoms with E-state index in [0.717, 1.165) is 11.1 Å². The number of nitrogens with one attached hydrogen (secondary N) is 1. The number of thioether (sulfide) groups is 1. The summed E-state index contributed by atoms with van der Waals surface area (Å²) in [6.45, 7) is 2.43. The van der Waals surface area contributed by atoms with Crippen LogP contribution in [0.4, 0.5) is 14.9 Å². The molecule has 2 aromatic carbocycles. The second-order valence-corrected chi connectivity index (χ2v) is 8.30. The summed E-state index contributed by atoms with van der Waals surface area (Å²) in [4.78, 5) is 35.3. The Morgan fingerprint density at radius 3 is 2.52 bits per heavy atom. The lowest BCUT2D eigenvalue weighted by molar-refractivity contribution is -0.133. The zero-order valence-electron chi connectivity index (χ0n) is 18.5. The van der Waals surface area contributed by atoms with Crippen molar-refractivity contribution in [3.8, 4) is 11.5 Å². The Bertz CT molecular complexity index is 1070. The standard InChI is InChI=1S/C23H24FN3O5S/c1-4-20-21(16-7-10-18(32-13-24)19(11-16)31-3)26-27(23(30)33-20)12-15-5-8-17(9-6-15)25-22(29)14(2)28/h5-11,20H,4,12-13H2,1-3H3,(H,25,29). The number of alkyl halides is 1. The van der Waals surface area contributed by atoms with Crippen LogP contribution in [0.5, 0.6) is 11.5 Å². The molecule has 1 atom stereocenters. The Morgan fingerprint density at radius 2 is 1.91 bits per heavy atom. The molecule has 0 fully saturated rings. The van der Waals surface area contributed by atoms with Gasteiger partial charge in [0.1, 0.15) is 0 Å². The van der Waals surface area contributed by atoms with Gasteiger partial charge in [0.2, 0.25) is 12.6 Å². The van der Waals surface area contributed by atoms with Gasteiger partial charge >= 0.3 is 5.24 Å². The molecule has 3 rings (SSSR count). The molecule has 0 spiro atoms. The molecule has 1 aliphatic heterocycles. The fraction of sp³-hybridized carbons (Fsp3) is 0.304. The minimum Gasteiger partial charge on any atom is -0.493 e. The molecule has 0 aliphatic carbocycles. The van der Waals surface area contributed by atoms with Crippen LogP contribution in [0.1, 0.15) is 31.4 Å². The fourth-order valence-corrected chi connectivity index (χ4v) is 4.12. The van der Waals surface area contributed by atoms with E-state index in [4.69, 9.17) is 9.47 Å². The van der Waals surface area contributed by atoms with Crippen LogP contribution in [0.2, 0.25) is 0 Å². The molecule has 2 aromatic rings. The normalized spacial score (nSPS) is 15.6. The highest BCUT2D eigenvalue weighted by Crippen LogP contribution is 2.34. The number of rotatable bonds is 9. The topological polar surface area (TPSA) is 97.3 Å². The molecule has 1 heterocycles. The molecule has 1 N–H and O–H groups in total. The Labute approximate surface area is 195 Å². The van der Waals surface area contributed by atoms with Crippen LogP contribution in [0.15, 0.2) is 47.6 Å². The van der Waals surface area contributed by atoms with Gasteiger partial charge < -0.3 is 14.8 Å². The average molecular weight is 474 g/mol. The van der Waals surface area contributed by atoms with Crippen molar-refractivity contribution < 1.29 is 28.2 Å². The second kappa shape index (κ2) is 11.0. The van der Waals surface area contributed by atoms with Gasteiger partial charge in [0, 0.05) is 18.2 Å². The number of methoxy groups -OCH3 is 1. The lowest BCUT2D eigenvalue weighted by Crippen LogP contribution is -2.34. The smallest absolute Gasteiger partial charge is 0.302 e. The van der Waals surface area contributed by atoms with Crippen molar-refractivity contribution in [2.45, 2.75) is 32.1 Å². The summed E-state index contributed by atoms with van der Waals surface area (Å²) in [6.07, 6.45) is 0.693. The van der Waals surface area contributed by atoms with Crippen molar-refractivity contribution in [1.29, 1.82) is 0 Å². The summed E-state index contributed by atoms with van der Waals surface area (Å²) in [7, 11) is 1.47. The van der Waals surface area contributed by atoms with Gasteiger partial charge in [-0.1, -0.05) is 30.8 Å². The zero-order chi connectivity index (χ0) is 24.0. The lowest BCUT2D eigenvalue weighted by atomic mass is 10.0. The van der Waals surface area contributed by atoms with Gasteiger partial charge in [-0.3, -0.25) is 14.4 Å². The maximum Gasteiger partial charge on any atom is 0.302 e. The third-order valence-corrected chi connectivity index (χ3v) is 6.14. The van der Waals surface area contributed by atoms with Crippen molar-refractivity contribution in [1.82, 2.24) is 5.01 Å². The third-order valence-electron chi connectivity index (χ3n) is 4.89. The largest absolute Gasteiger partial charge is 0.493 e. The van der Waals surface area contributed by atoms with Crippen molar-refractivity contribution in [2.24, 2.45) is 5.10 Å². The molecule has 0 saturated heterocycles. The lowest BCUT2D eigenvalue weighted by Gasteiger charge is -2.28. The quantitative estimate of drug-likeness (QED) is 0.543. The minimum atomic E-state index is -0.969. The molecular formula is C23H24FN3O5S. The molecule has 0 radical (unpaired) electrons. The third kappa shape index (κ3) is 5.89. The van der Waals surface area contributed by atoms with E-state index in [1.54, 1.807) is 42.5 Å². The SMILES string of the molecule is CCC1SC(=O)N(Cc2ccc(NC(=O)C(C)=O)cc2)N=C1c1ccc(OCF)c(OC)c1. The van der Waals surface area contributed by atoms with Crippen molar-refractivity contribution >= 4 is 40.1 Å². The van der Waals surface area contributed by atoms with Crippen LogP contribution < -0.4 is 14.8 Å². The van der Waals surface area contributed by atoms with Gasteiger partial charge in [0.15, 0.2) is 11.5 Å². The number of nitrogens with zero attached hydrogens (tertiary/aromatic N) is 2. The number of Topliss-reactive ketones (excluding diaryl/α,β-unsaturated/α-hetero) is 1. The highest BCUT2D eigenvalue weighted by atomic mass is 32.2. The summed E-state index contributed by atoms with van der Waals surface area (Å²) in [5.41, 5.74) is 2.73. The first kappa shape index (κ1) is 24.2. The van der Waals surface area contributed by atoms with Crippen LogP contribution in [-0.2, 0) is 16.1 Å². The highest BCUT2D eigenvalue weighted by Gasteiger charge is 2.30. The number of anilines is 1. The number of hydrogen-bond donors (Lipinski definition) is 1. The molecule has 0 saturated carbocycles. The van der Waals surface area contributed by atoms with Crippen molar-refractivity contribution in [3.63, 3.8) is 0 Å². The number of hydrogen-bond acceptors (Lipinski definition) is 7. The van der Waals surface area contributed by atoms with E-state index in [9.17, 15) is 18.8 Å². The monoisotopic (exact) mass is 473 g/mol. The van der Waals surface area contributed by atoms with Gasteiger partial charge in [0.05, 0.1) is 24.6 Å². The summed E-state index contributed by atoms with van der Waals surface area (Å²) >= 11 is 1.19. The highest BCUT2D eigenvalue weighted by molar-refractivity contribution is 8.14. The Kier molecular flexibility index (Phi) is 8.05. The summed E-state index contributed by atoms with van der Waals surface area (Å²) in [5.74, 6) is -0.614. The number of ketones is 1. The van der Waals surface area contributed by atoms with E-state index in [1.807, 2.05) is 6.92 Å². The molecule has 1 aliphatic rings. The Balaban J connectivity index is 1.84. The van der Waals surface area contributed by atoms with E-state index >= 15 is 0 Å². The first-order valence-corrected chi connectivity index (χ1v) is 11.1. The first-order valence-electron chi connectivity index (χ1n) is 10.2. The summed E-state index contributed by atoms with van der Waals surface area (Å²) < 4.78 is 22.9. The average Bonchev–Trinajstić information content (AvgIpc) is 2.81. The van der Waals surface area contributed by atoms with Gasteiger partial charge in [0.25, 0.3) is 5.91 Å². The number of hydrazone groups is 1. The maximum absolute atomic E-state index is 12.7. The molecule has 2 amide bonds. The summed E-state index contributed by atoms with van der Waals surface area (Å²) in [6, 6.07) is 11.9. The predicted octanol–water partition coefficient (Wildman–Crippen LogP) is 4.38. The Hall–Kier alpha value is -3.40. The van der Waals surface area contributed by atoms with Crippen LogP contribution >= 0.6 is 11.8 Å². The van der Waals surface area contributed by atoms with Crippen LogP contribution in [0.25, 0.3) is 0 Å². The van der Waals surface area contributed by atoms with E-state index in [1.165, 1.54) is 30.8 Å². The molecular weight excluding hydrogens is 449 g/mol. The number of halogens is 1. The Morgan fingerprint density at radius 1 is 1.18 bits per heavy atom. The maximum atomic E-state index is 12.7. The van der Waals surface area contributed by atoms with E-state index in [0.29, 0.717) is 23.6 Å². The molecule has 8 nitrogen and oxygen atoms in total. The molecule has 33 heavy (non-hydrogen) atoms. The van der Waals surface area contributed by atoms with Gasteiger partial charge in [-0.2, -0.15) is 5.10 Å². The van der Waals surface area contributed by atoms with Crippen LogP contribution in [0, 0.1) is 0 Å². The van der Waals surface area contributed by atoms with Crippen molar-refractivity contribution in [3.05, 3.63) is 53.6 Å². The minimum absolute atomic E-state index is 0.143. The van der Waals surface area contributed by atoms with Gasteiger partial charge in [-0.05, 0) is 42.3 Å². The molecule has 10 heteroatoms. The van der Waals surface area contributed by atoms with Gasteiger partial charge in [-0.25, -0.2) is 9.40 Å². The zero-order valence-corrected chi connectivity index (χ0v) is 19.3. The molecule has 0 bridgehead atoms. The van der Waals surface area contributed by atoms with E-state index < -0.39 is 18.6 Å². The van der Waals surface area contributed by atoms with E-state index in [-0.39, 0.29) is 22.8 Å². The number of ether oxygens (including phenoxy) is 2. The number of amides is 2. The second-order valence-electron chi connectivity index (χ2n) is 7.15. The molecule has 1 unspecified atom stereocenters. The predicted molar refractivity (Wildman–Crippen MR) is 124 cm³/mol. The molecule has 174 valence electrons. The number of carbonyl (C=O) groups excluding carboxylic acids is 3. The fourth-order valence-electron chi connectivity index (χ4n) is 3.18. The van der Waals surface area contributed by atoms with Crippen LogP contribution in [-0.4, -0.2) is 46.9 Å². The van der Waals surface area contributed by atoms with Crippen molar-refractivity contribution in [2.75, 3.05) is 19.3 Å². The number of carbonyl (C=O) groups is 3. The summed E-state index contributed by atoms with van der Waals surface area (Å²) in [5, 5.41) is 8.18. The van der Waals surface area contributed by atoms with Gasteiger partial charge in [-0.15, -0.1) is 0 Å².